The molecule has 0 saturated carbocycles. The van der Waals surface area contributed by atoms with Crippen molar-refractivity contribution in [2.45, 2.75) is 26.7 Å². The number of nitrogens with one attached hydrogen (secondary N) is 2. The second-order valence-corrected chi connectivity index (χ2v) is 6.12. The van der Waals surface area contributed by atoms with E-state index in [1.165, 1.54) is 0 Å². The molecule has 0 spiro atoms. The van der Waals surface area contributed by atoms with E-state index in [4.69, 9.17) is 4.74 Å². The monoisotopic (exact) mass is 360 g/mol. The number of benzene rings is 1. The summed E-state index contributed by atoms with van der Waals surface area (Å²) >= 11 is 0. The lowest BCUT2D eigenvalue weighted by atomic mass is 9.98. The van der Waals surface area contributed by atoms with Crippen molar-refractivity contribution in [3.05, 3.63) is 30.3 Å². The van der Waals surface area contributed by atoms with E-state index in [0.717, 1.165) is 25.1 Å². The highest BCUT2D eigenvalue weighted by molar-refractivity contribution is 5.94. The molecule has 7 nitrogen and oxygen atoms in total. The minimum atomic E-state index is -0.175. The maximum Gasteiger partial charge on any atom is 0.310 e. The summed E-state index contributed by atoms with van der Waals surface area (Å²) in [5.74, 6) is 0.177. The van der Waals surface area contributed by atoms with E-state index in [9.17, 15) is 9.59 Å². The molecule has 26 heavy (non-hydrogen) atoms. The molecule has 1 amide bonds. The molecule has 1 unspecified atom stereocenters. The highest BCUT2D eigenvalue weighted by Crippen LogP contribution is 2.18. The minimum absolute atomic E-state index is 0.0256. The molecule has 142 valence electrons. The van der Waals surface area contributed by atoms with Crippen LogP contribution in [-0.2, 0) is 14.3 Å². The van der Waals surface area contributed by atoms with Gasteiger partial charge in [0.25, 0.3) is 0 Å². The molecule has 0 bridgehead atoms. The maximum atomic E-state index is 12.1. The van der Waals surface area contributed by atoms with E-state index < -0.39 is 0 Å². The van der Waals surface area contributed by atoms with Gasteiger partial charge in [0.05, 0.1) is 12.5 Å². The van der Waals surface area contributed by atoms with Crippen LogP contribution in [0.2, 0.25) is 0 Å². The molecule has 1 aliphatic rings. The maximum absolute atomic E-state index is 12.1. The molecule has 0 radical (unpaired) electrons. The van der Waals surface area contributed by atoms with Crippen LogP contribution in [0.3, 0.4) is 0 Å². The number of rotatable bonds is 6. The van der Waals surface area contributed by atoms with Crippen molar-refractivity contribution in [1.29, 1.82) is 0 Å². The van der Waals surface area contributed by atoms with Crippen molar-refractivity contribution < 1.29 is 14.3 Å². The molecular weight excluding hydrogens is 332 g/mol. The third-order valence-corrected chi connectivity index (χ3v) is 4.11. The molecule has 1 aromatic carbocycles. The number of para-hydroxylation sites is 1. The van der Waals surface area contributed by atoms with Gasteiger partial charge in [-0.05, 0) is 38.8 Å². The highest BCUT2D eigenvalue weighted by Gasteiger charge is 2.28. The third-order valence-electron chi connectivity index (χ3n) is 4.11. The number of carbonyl (C=O) groups is 2. The number of esters is 1. The first kappa shape index (κ1) is 19.8. The Morgan fingerprint density at radius 3 is 2.73 bits per heavy atom. The molecule has 1 aromatic rings. The summed E-state index contributed by atoms with van der Waals surface area (Å²) in [5, 5.41) is 6.03. The van der Waals surface area contributed by atoms with E-state index in [1.54, 1.807) is 0 Å². The number of hydrogen-bond donors (Lipinski definition) is 2. The first-order valence-electron chi connectivity index (χ1n) is 9.18. The van der Waals surface area contributed by atoms with Crippen LogP contribution in [0.4, 0.5) is 5.69 Å². The Bertz CT molecular complexity index is 618. The van der Waals surface area contributed by atoms with Gasteiger partial charge < -0.3 is 20.3 Å². The van der Waals surface area contributed by atoms with E-state index in [1.807, 2.05) is 49.1 Å². The predicted octanol–water partition coefficient (Wildman–Crippen LogP) is 1.87. The zero-order chi connectivity index (χ0) is 18.8. The number of piperidine rings is 1. The number of hydrogen-bond acceptors (Lipinski definition) is 4. The fourth-order valence-electron chi connectivity index (χ4n) is 2.92. The van der Waals surface area contributed by atoms with Crippen LogP contribution in [-0.4, -0.2) is 55.5 Å². The van der Waals surface area contributed by atoms with Gasteiger partial charge in [-0.25, -0.2) is 4.99 Å². The molecule has 1 fully saturated rings. The van der Waals surface area contributed by atoms with Gasteiger partial charge in [-0.3, -0.25) is 9.59 Å². The zero-order valence-electron chi connectivity index (χ0n) is 15.5. The number of anilines is 1. The van der Waals surface area contributed by atoms with Crippen LogP contribution in [0.1, 0.15) is 26.7 Å². The van der Waals surface area contributed by atoms with E-state index in [0.29, 0.717) is 25.7 Å². The van der Waals surface area contributed by atoms with Crippen molar-refractivity contribution in [3.63, 3.8) is 0 Å². The smallest absolute Gasteiger partial charge is 0.310 e. The molecule has 0 aliphatic carbocycles. The topological polar surface area (TPSA) is 83.0 Å². The zero-order valence-corrected chi connectivity index (χ0v) is 15.5. The van der Waals surface area contributed by atoms with Crippen LogP contribution in [0.25, 0.3) is 0 Å². The van der Waals surface area contributed by atoms with Crippen molar-refractivity contribution in [2.75, 3.05) is 38.1 Å². The third kappa shape index (κ3) is 6.06. The van der Waals surface area contributed by atoms with Crippen LogP contribution >= 0.6 is 0 Å². The Hall–Kier alpha value is -2.57. The van der Waals surface area contributed by atoms with Crippen LogP contribution in [0.5, 0.6) is 0 Å². The molecule has 2 N–H and O–H groups in total. The van der Waals surface area contributed by atoms with Crippen LogP contribution < -0.4 is 10.6 Å². The molecule has 0 aromatic heterocycles. The number of amides is 1. The average Bonchev–Trinajstić information content (AvgIpc) is 2.66. The Morgan fingerprint density at radius 1 is 1.27 bits per heavy atom. The number of nitrogens with zero attached hydrogens (tertiary/aromatic N) is 2. The summed E-state index contributed by atoms with van der Waals surface area (Å²) < 4.78 is 5.14. The summed E-state index contributed by atoms with van der Waals surface area (Å²) in [6, 6.07) is 9.30. The second kappa shape index (κ2) is 10.4. The number of carbonyl (C=O) groups excluding carboxylic acids is 2. The summed E-state index contributed by atoms with van der Waals surface area (Å²) in [6.07, 6.45) is 1.72. The number of ether oxygens (including phenoxy) is 1. The summed E-state index contributed by atoms with van der Waals surface area (Å²) in [5.41, 5.74) is 0.748. The Morgan fingerprint density at radius 2 is 2.04 bits per heavy atom. The first-order valence-corrected chi connectivity index (χ1v) is 9.18. The molecule has 7 heteroatoms. The lowest BCUT2D eigenvalue weighted by Gasteiger charge is -2.33. The number of guanidine groups is 1. The number of likely N-dealkylation sites (tertiary alicyclic amines) is 1. The molecular formula is C19H28N4O3. The van der Waals surface area contributed by atoms with E-state index in [-0.39, 0.29) is 24.3 Å². The normalized spacial score (nSPS) is 17.5. The highest BCUT2D eigenvalue weighted by atomic mass is 16.5. The van der Waals surface area contributed by atoms with Gasteiger partial charge in [0.15, 0.2) is 5.96 Å². The SMILES string of the molecule is CCNC(=NCC(=O)Nc1ccccc1)N1CCCC(C(=O)OCC)C1. The Kier molecular flexibility index (Phi) is 7.92. The Balaban J connectivity index is 1.96. The molecule has 2 rings (SSSR count). The average molecular weight is 360 g/mol. The quantitative estimate of drug-likeness (QED) is 0.460. The van der Waals surface area contributed by atoms with Gasteiger partial charge in [-0.15, -0.1) is 0 Å². The lowest BCUT2D eigenvalue weighted by Crippen LogP contribution is -2.48. The van der Waals surface area contributed by atoms with Gasteiger partial charge in [-0.2, -0.15) is 0 Å². The molecule has 1 atom stereocenters. The van der Waals surface area contributed by atoms with E-state index in [2.05, 4.69) is 15.6 Å². The summed E-state index contributed by atoms with van der Waals surface area (Å²) in [6.45, 7) is 6.27. The predicted molar refractivity (Wildman–Crippen MR) is 102 cm³/mol. The van der Waals surface area contributed by atoms with Crippen molar-refractivity contribution in [2.24, 2.45) is 10.9 Å². The second-order valence-electron chi connectivity index (χ2n) is 6.12. The lowest BCUT2D eigenvalue weighted by molar-refractivity contribution is -0.149. The summed E-state index contributed by atoms with van der Waals surface area (Å²) in [7, 11) is 0. The Labute approximate surface area is 154 Å². The van der Waals surface area contributed by atoms with Gasteiger partial charge in [0.2, 0.25) is 5.91 Å². The summed E-state index contributed by atoms with van der Waals surface area (Å²) in [4.78, 5) is 30.6. The van der Waals surface area contributed by atoms with Crippen LogP contribution in [0.15, 0.2) is 35.3 Å². The number of aliphatic imine (C=N–C) groups is 1. The molecule has 1 saturated heterocycles. The van der Waals surface area contributed by atoms with Gasteiger partial charge >= 0.3 is 5.97 Å². The fourth-order valence-corrected chi connectivity index (χ4v) is 2.92. The molecule has 1 aliphatic heterocycles. The van der Waals surface area contributed by atoms with Crippen LogP contribution in [0, 0.1) is 5.92 Å². The van der Waals surface area contributed by atoms with E-state index >= 15 is 0 Å². The van der Waals surface area contributed by atoms with Crippen molar-refractivity contribution in [3.8, 4) is 0 Å². The van der Waals surface area contributed by atoms with Gasteiger partial charge in [0.1, 0.15) is 6.54 Å². The minimum Gasteiger partial charge on any atom is -0.466 e. The standard InChI is InChI=1S/C19H28N4O3/c1-3-20-19(21-13-17(24)22-16-10-6-5-7-11-16)23-12-8-9-15(14-23)18(25)26-4-2/h5-7,10-11,15H,3-4,8-9,12-14H2,1-2H3,(H,20,21)(H,22,24). The fraction of sp³-hybridized carbons (Fsp3) is 0.526. The van der Waals surface area contributed by atoms with Gasteiger partial charge in [-0.1, -0.05) is 18.2 Å². The van der Waals surface area contributed by atoms with Crippen molar-refractivity contribution >= 4 is 23.5 Å². The van der Waals surface area contributed by atoms with Crippen molar-refractivity contribution in [1.82, 2.24) is 10.2 Å². The first-order chi connectivity index (χ1) is 12.6. The largest absolute Gasteiger partial charge is 0.466 e. The molecule has 1 heterocycles. The van der Waals surface area contributed by atoms with Gasteiger partial charge in [0, 0.05) is 25.3 Å².